The van der Waals surface area contributed by atoms with Gasteiger partial charge in [0.25, 0.3) is 11.7 Å². The van der Waals surface area contributed by atoms with Crippen LogP contribution in [0.3, 0.4) is 0 Å². The number of carbonyl (C=O) groups is 2. The number of aliphatic hydroxyl groups is 1. The molecule has 3 rings (SSSR count). The van der Waals surface area contributed by atoms with Gasteiger partial charge in [-0.3, -0.25) is 9.59 Å². The molecular weight excluding hydrogens is 422 g/mol. The van der Waals surface area contributed by atoms with Gasteiger partial charge in [0, 0.05) is 25.8 Å². The highest BCUT2D eigenvalue weighted by molar-refractivity contribution is 6.46. The van der Waals surface area contributed by atoms with Gasteiger partial charge in [-0.15, -0.1) is 0 Å². The maximum absolute atomic E-state index is 13.0. The predicted molar refractivity (Wildman–Crippen MR) is 125 cm³/mol. The fourth-order valence-electron chi connectivity index (χ4n) is 3.93. The van der Waals surface area contributed by atoms with Crippen LogP contribution >= 0.6 is 0 Å². The smallest absolute Gasteiger partial charge is 0.295 e. The number of aliphatic hydroxyl groups excluding tert-OH is 1. The lowest BCUT2D eigenvalue weighted by Gasteiger charge is -2.25. The van der Waals surface area contributed by atoms with E-state index in [1.165, 1.54) is 17.0 Å². The van der Waals surface area contributed by atoms with Gasteiger partial charge in [-0.25, -0.2) is 0 Å². The van der Waals surface area contributed by atoms with Crippen LogP contribution in [-0.2, 0) is 14.3 Å². The van der Waals surface area contributed by atoms with Crippen molar-refractivity contribution in [3.8, 4) is 11.5 Å². The van der Waals surface area contributed by atoms with Gasteiger partial charge in [0.05, 0.1) is 18.2 Å². The van der Waals surface area contributed by atoms with Crippen molar-refractivity contribution in [1.29, 1.82) is 0 Å². The highest BCUT2D eigenvalue weighted by Gasteiger charge is 2.45. The molecule has 176 valence electrons. The Morgan fingerprint density at radius 3 is 2.42 bits per heavy atom. The molecular formula is C26H31NO6. The maximum atomic E-state index is 13.0. The molecule has 2 aromatic carbocycles. The summed E-state index contributed by atoms with van der Waals surface area (Å²) >= 11 is 0. The number of amides is 1. The van der Waals surface area contributed by atoms with Crippen molar-refractivity contribution in [2.45, 2.75) is 39.2 Å². The summed E-state index contributed by atoms with van der Waals surface area (Å²) in [6, 6.07) is 10.7. The number of ketones is 1. The molecule has 1 unspecified atom stereocenters. The second-order valence-electron chi connectivity index (χ2n) is 8.11. The number of unbranched alkanes of at least 4 members (excludes halogenated alkanes) is 1. The SMILES string of the molecule is CCCCOc1ccc(/C(O)=C2\C(=O)C(=O)N(CCCOC)C2c2ccc(O)cc2)cc1C. The van der Waals surface area contributed by atoms with Gasteiger partial charge < -0.3 is 24.6 Å². The molecule has 0 aromatic heterocycles. The quantitative estimate of drug-likeness (QED) is 0.240. The topological polar surface area (TPSA) is 96.3 Å². The Balaban J connectivity index is 2.03. The van der Waals surface area contributed by atoms with E-state index in [9.17, 15) is 19.8 Å². The summed E-state index contributed by atoms with van der Waals surface area (Å²) in [7, 11) is 1.57. The number of rotatable bonds is 10. The van der Waals surface area contributed by atoms with Gasteiger partial charge in [-0.1, -0.05) is 25.5 Å². The first-order chi connectivity index (χ1) is 15.9. The van der Waals surface area contributed by atoms with Crippen LogP contribution in [-0.4, -0.2) is 53.7 Å². The Hall–Kier alpha value is -3.32. The lowest BCUT2D eigenvalue weighted by Crippen LogP contribution is -2.31. The molecule has 1 aliphatic rings. The van der Waals surface area contributed by atoms with Crippen molar-refractivity contribution in [2.24, 2.45) is 0 Å². The van der Waals surface area contributed by atoms with Crippen LogP contribution in [0.4, 0.5) is 0 Å². The third kappa shape index (κ3) is 5.37. The molecule has 1 saturated heterocycles. The first kappa shape index (κ1) is 24.3. The van der Waals surface area contributed by atoms with E-state index in [0.29, 0.717) is 37.3 Å². The van der Waals surface area contributed by atoms with Crippen LogP contribution in [0.5, 0.6) is 11.5 Å². The molecule has 1 aliphatic heterocycles. The molecule has 1 amide bonds. The van der Waals surface area contributed by atoms with Gasteiger partial charge in [0.1, 0.15) is 17.3 Å². The third-order valence-corrected chi connectivity index (χ3v) is 5.70. The normalized spacial score (nSPS) is 17.5. The van der Waals surface area contributed by atoms with E-state index in [1.54, 1.807) is 37.4 Å². The minimum Gasteiger partial charge on any atom is -0.508 e. The molecule has 2 aromatic rings. The second kappa shape index (κ2) is 11.0. The molecule has 7 heteroatoms. The van der Waals surface area contributed by atoms with E-state index in [2.05, 4.69) is 6.92 Å². The van der Waals surface area contributed by atoms with E-state index in [-0.39, 0.29) is 17.1 Å². The van der Waals surface area contributed by atoms with Crippen LogP contribution in [0, 0.1) is 6.92 Å². The minimum atomic E-state index is -0.761. The van der Waals surface area contributed by atoms with Crippen LogP contribution in [0.1, 0.15) is 48.9 Å². The number of benzene rings is 2. The molecule has 0 saturated carbocycles. The van der Waals surface area contributed by atoms with E-state index in [4.69, 9.17) is 9.47 Å². The molecule has 0 radical (unpaired) electrons. The van der Waals surface area contributed by atoms with Gasteiger partial charge in [0.15, 0.2) is 0 Å². The molecule has 0 bridgehead atoms. The number of Topliss-reactive ketones (excluding diaryl/α,β-unsaturated/α-hetero) is 1. The number of phenolic OH excluding ortho intramolecular Hbond substituents is 1. The largest absolute Gasteiger partial charge is 0.508 e. The molecule has 0 spiro atoms. The number of carbonyl (C=O) groups excluding carboxylic acids is 2. The molecule has 1 heterocycles. The number of aryl methyl sites for hydroxylation is 1. The van der Waals surface area contributed by atoms with E-state index in [0.717, 1.165) is 24.2 Å². The number of phenols is 1. The summed E-state index contributed by atoms with van der Waals surface area (Å²) in [6.07, 6.45) is 2.51. The summed E-state index contributed by atoms with van der Waals surface area (Å²) < 4.78 is 10.9. The van der Waals surface area contributed by atoms with Crippen LogP contribution < -0.4 is 4.74 Å². The number of hydrogen-bond acceptors (Lipinski definition) is 6. The maximum Gasteiger partial charge on any atom is 0.295 e. The zero-order valence-corrected chi connectivity index (χ0v) is 19.3. The predicted octanol–water partition coefficient (Wildman–Crippen LogP) is 4.34. The third-order valence-electron chi connectivity index (χ3n) is 5.70. The van der Waals surface area contributed by atoms with Crippen molar-refractivity contribution in [3.63, 3.8) is 0 Å². The molecule has 1 fully saturated rings. The van der Waals surface area contributed by atoms with Crippen molar-refractivity contribution in [3.05, 3.63) is 64.7 Å². The number of aromatic hydroxyl groups is 1. The van der Waals surface area contributed by atoms with Gasteiger partial charge >= 0.3 is 0 Å². The number of likely N-dealkylation sites (tertiary alicyclic amines) is 1. The van der Waals surface area contributed by atoms with Gasteiger partial charge in [-0.2, -0.15) is 0 Å². The number of ether oxygens (including phenoxy) is 2. The number of hydrogen-bond donors (Lipinski definition) is 2. The van der Waals surface area contributed by atoms with Gasteiger partial charge in [-0.05, 0) is 61.2 Å². The van der Waals surface area contributed by atoms with Crippen LogP contribution in [0.25, 0.3) is 5.76 Å². The Morgan fingerprint density at radius 1 is 1.06 bits per heavy atom. The molecule has 7 nitrogen and oxygen atoms in total. The fraction of sp³-hybridized carbons (Fsp3) is 0.385. The Kier molecular flexibility index (Phi) is 8.11. The van der Waals surface area contributed by atoms with Crippen molar-refractivity contribution in [2.75, 3.05) is 26.9 Å². The second-order valence-corrected chi connectivity index (χ2v) is 8.11. The summed E-state index contributed by atoms with van der Waals surface area (Å²) in [5, 5.41) is 20.9. The lowest BCUT2D eigenvalue weighted by atomic mass is 9.94. The van der Waals surface area contributed by atoms with E-state index < -0.39 is 17.7 Å². The molecule has 1 atom stereocenters. The van der Waals surface area contributed by atoms with E-state index in [1.807, 2.05) is 6.92 Å². The summed E-state index contributed by atoms with van der Waals surface area (Å²) in [6.45, 7) is 5.30. The number of methoxy groups -OCH3 is 1. The lowest BCUT2D eigenvalue weighted by molar-refractivity contribution is -0.140. The first-order valence-electron chi connectivity index (χ1n) is 11.2. The van der Waals surface area contributed by atoms with Gasteiger partial charge in [0.2, 0.25) is 0 Å². The Morgan fingerprint density at radius 2 is 1.79 bits per heavy atom. The highest BCUT2D eigenvalue weighted by atomic mass is 16.5. The monoisotopic (exact) mass is 453 g/mol. The average Bonchev–Trinajstić information content (AvgIpc) is 3.05. The molecule has 0 aliphatic carbocycles. The molecule has 2 N–H and O–H groups in total. The van der Waals surface area contributed by atoms with Crippen molar-refractivity contribution in [1.82, 2.24) is 4.90 Å². The van der Waals surface area contributed by atoms with Crippen LogP contribution in [0.2, 0.25) is 0 Å². The zero-order valence-electron chi connectivity index (χ0n) is 19.3. The Labute approximate surface area is 194 Å². The van der Waals surface area contributed by atoms with Crippen LogP contribution in [0.15, 0.2) is 48.0 Å². The standard InChI is InChI=1S/C26H31NO6/c1-4-5-15-33-21-12-9-19(16-17(21)2)24(29)22-23(18-7-10-20(28)11-8-18)27(13-6-14-32-3)26(31)25(22)30/h7-12,16,23,28-29H,4-6,13-15H2,1-3H3/b24-22+. The highest BCUT2D eigenvalue weighted by Crippen LogP contribution is 2.40. The molecule has 33 heavy (non-hydrogen) atoms. The van der Waals surface area contributed by atoms with E-state index >= 15 is 0 Å². The first-order valence-corrected chi connectivity index (χ1v) is 11.2. The fourth-order valence-corrected chi connectivity index (χ4v) is 3.93. The summed E-state index contributed by atoms with van der Waals surface area (Å²) in [5.74, 6) is -0.839. The summed E-state index contributed by atoms with van der Waals surface area (Å²) in [4.78, 5) is 27.4. The van der Waals surface area contributed by atoms with Crippen molar-refractivity contribution >= 4 is 17.4 Å². The Bertz CT molecular complexity index is 1030. The number of nitrogens with zero attached hydrogens (tertiary/aromatic N) is 1. The minimum absolute atomic E-state index is 0.0298. The average molecular weight is 454 g/mol. The zero-order chi connectivity index (χ0) is 24.0. The summed E-state index contributed by atoms with van der Waals surface area (Å²) in [5.41, 5.74) is 1.92. The van der Waals surface area contributed by atoms with Crippen molar-refractivity contribution < 1.29 is 29.3 Å².